The molecule has 1 aromatic rings. The largest absolute Gasteiger partial charge is 0.307 e. The van der Waals surface area contributed by atoms with Gasteiger partial charge in [0.15, 0.2) is 0 Å². The van der Waals surface area contributed by atoms with Crippen molar-refractivity contribution in [2.75, 3.05) is 0 Å². The van der Waals surface area contributed by atoms with Gasteiger partial charge in [0, 0.05) is 0 Å². The molecule has 2 rings (SSSR count). The Morgan fingerprint density at radius 1 is 1.40 bits per heavy atom. The second-order valence-corrected chi connectivity index (χ2v) is 4.63. The van der Waals surface area contributed by atoms with E-state index in [-0.39, 0.29) is 5.24 Å². The first-order valence-corrected chi connectivity index (χ1v) is 5.70. The number of carbonyl (C=O) groups excluding carboxylic acids is 1. The summed E-state index contributed by atoms with van der Waals surface area (Å²) in [6, 6.07) is 8.00. The molecule has 15 heavy (non-hydrogen) atoms. The van der Waals surface area contributed by atoms with Crippen LogP contribution in [0.4, 0.5) is 4.79 Å². The Morgan fingerprint density at radius 3 is 2.73 bits per heavy atom. The summed E-state index contributed by atoms with van der Waals surface area (Å²) in [7, 11) is 0. The van der Waals surface area contributed by atoms with Crippen LogP contribution in [0.1, 0.15) is 11.1 Å². The normalized spacial score (nSPS) is 18.3. The zero-order chi connectivity index (χ0) is 10.8. The molecule has 4 heteroatoms. The first-order chi connectivity index (χ1) is 7.16. The van der Waals surface area contributed by atoms with Gasteiger partial charge >= 0.3 is 0 Å². The molecule has 0 bridgehead atoms. The smallest absolute Gasteiger partial charge is 0.289 e. The highest BCUT2D eigenvalue weighted by atomic mass is 32.2. The molecule has 0 aromatic heterocycles. The second-order valence-electron chi connectivity index (χ2n) is 3.21. The molecular weight excluding hydrogens is 226 g/mol. The zero-order valence-electron chi connectivity index (χ0n) is 8.11. The van der Waals surface area contributed by atoms with Crippen LogP contribution in [0, 0.1) is 6.92 Å². The summed E-state index contributed by atoms with van der Waals surface area (Å²) in [6.45, 7) is 2.03. The molecule has 0 saturated carbocycles. The van der Waals surface area contributed by atoms with Crippen LogP contribution in [0.15, 0.2) is 29.2 Å². The molecular formula is C11H9NOS2. The fourth-order valence-electron chi connectivity index (χ4n) is 1.31. The minimum absolute atomic E-state index is 0.0974. The number of hydrogen-bond donors (Lipinski definition) is 1. The predicted molar refractivity (Wildman–Crippen MR) is 67.9 cm³/mol. The third-order valence-corrected chi connectivity index (χ3v) is 3.40. The first kappa shape index (κ1) is 10.4. The van der Waals surface area contributed by atoms with E-state index >= 15 is 0 Å². The van der Waals surface area contributed by atoms with Gasteiger partial charge in [-0.25, -0.2) is 0 Å². The Labute approximate surface area is 97.8 Å². The molecule has 0 aliphatic carbocycles. The third-order valence-electron chi connectivity index (χ3n) is 2.12. The second kappa shape index (κ2) is 4.16. The Balaban J connectivity index is 2.35. The lowest BCUT2D eigenvalue weighted by molar-refractivity contribution is 0.265. The van der Waals surface area contributed by atoms with Crippen LogP contribution >= 0.6 is 24.0 Å². The van der Waals surface area contributed by atoms with E-state index in [0.29, 0.717) is 4.99 Å². The number of thiocarbonyl (C=S) groups is 1. The molecule has 2 nitrogen and oxygen atoms in total. The highest BCUT2D eigenvalue weighted by Crippen LogP contribution is 2.27. The summed E-state index contributed by atoms with van der Waals surface area (Å²) in [5.74, 6) is 0. The topological polar surface area (TPSA) is 29.1 Å². The van der Waals surface area contributed by atoms with Crippen molar-refractivity contribution in [3.8, 4) is 0 Å². The Bertz CT molecular complexity index is 465. The molecule has 1 N–H and O–H groups in total. The van der Waals surface area contributed by atoms with Gasteiger partial charge in [-0.2, -0.15) is 0 Å². The lowest BCUT2D eigenvalue weighted by Crippen LogP contribution is -2.15. The molecule has 0 unspecified atom stereocenters. The first-order valence-electron chi connectivity index (χ1n) is 4.47. The molecule has 1 amide bonds. The molecule has 1 heterocycles. The van der Waals surface area contributed by atoms with Gasteiger partial charge in [-0.05, 0) is 35.9 Å². The summed E-state index contributed by atoms with van der Waals surface area (Å²) < 4.78 is 0. The third kappa shape index (κ3) is 2.27. The van der Waals surface area contributed by atoms with Gasteiger partial charge in [-0.15, -0.1) is 0 Å². The maximum Gasteiger partial charge on any atom is 0.289 e. The van der Waals surface area contributed by atoms with Crippen molar-refractivity contribution in [1.29, 1.82) is 0 Å². The van der Waals surface area contributed by atoms with Gasteiger partial charge < -0.3 is 5.32 Å². The van der Waals surface area contributed by atoms with Crippen molar-refractivity contribution in [3.05, 3.63) is 40.3 Å². The average Bonchev–Trinajstić information content (AvgIpc) is 2.49. The van der Waals surface area contributed by atoms with Crippen molar-refractivity contribution >= 4 is 40.3 Å². The zero-order valence-corrected chi connectivity index (χ0v) is 9.74. The summed E-state index contributed by atoms with van der Waals surface area (Å²) in [5.41, 5.74) is 2.27. The number of thioether (sulfide) groups is 1. The quantitative estimate of drug-likeness (QED) is 0.599. The van der Waals surface area contributed by atoms with Crippen LogP contribution in [-0.4, -0.2) is 10.2 Å². The van der Waals surface area contributed by atoms with Crippen LogP contribution in [0.5, 0.6) is 0 Å². The van der Waals surface area contributed by atoms with Gasteiger partial charge in [0.1, 0.15) is 4.99 Å². The molecule has 0 radical (unpaired) electrons. The van der Waals surface area contributed by atoms with Crippen molar-refractivity contribution < 1.29 is 4.79 Å². The monoisotopic (exact) mass is 235 g/mol. The molecule has 0 spiro atoms. The van der Waals surface area contributed by atoms with E-state index in [4.69, 9.17) is 12.2 Å². The van der Waals surface area contributed by atoms with Crippen LogP contribution in [0.25, 0.3) is 6.08 Å². The average molecular weight is 235 g/mol. The minimum Gasteiger partial charge on any atom is -0.307 e. The highest BCUT2D eigenvalue weighted by molar-refractivity contribution is 8.19. The SMILES string of the molecule is Cc1ccccc1/C=C1\SC(=O)NC1=S. The van der Waals surface area contributed by atoms with E-state index in [1.165, 1.54) is 5.56 Å². The molecule has 1 aromatic carbocycles. The molecule has 1 fully saturated rings. The standard InChI is InChI=1S/C11H9NOS2/c1-7-4-2-3-5-8(7)6-9-10(14)12-11(13)15-9/h2-6H,1H3,(H,12,13,14)/b9-6-. The van der Waals surface area contributed by atoms with E-state index in [2.05, 4.69) is 5.32 Å². The van der Waals surface area contributed by atoms with Crippen molar-refractivity contribution in [2.24, 2.45) is 0 Å². The maximum atomic E-state index is 11.1. The Morgan fingerprint density at radius 2 is 2.13 bits per heavy atom. The van der Waals surface area contributed by atoms with Crippen molar-refractivity contribution in [1.82, 2.24) is 5.32 Å². The maximum absolute atomic E-state index is 11.1. The molecule has 1 aliphatic rings. The van der Waals surface area contributed by atoms with Crippen LogP contribution in [0.3, 0.4) is 0 Å². The number of benzene rings is 1. The number of aryl methyl sites for hydroxylation is 1. The number of nitrogens with one attached hydrogen (secondary N) is 1. The van der Waals surface area contributed by atoms with Gasteiger partial charge in [0.2, 0.25) is 0 Å². The fraction of sp³-hybridized carbons (Fsp3) is 0.0909. The number of carbonyl (C=O) groups is 1. The van der Waals surface area contributed by atoms with Crippen LogP contribution in [0.2, 0.25) is 0 Å². The van der Waals surface area contributed by atoms with Gasteiger partial charge in [0.05, 0.1) is 4.91 Å². The number of amides is 1. The molecule has 1 aliphatic heterocycles. The van der Waals surface area contributed by atoms with Gasteiger partial charge in [-0.1, -0.05) is 36.5 Å². The molecule has 0 atom stereocenters. The summed E-state index contributed by atoms with van der Waals surface area (Å²) >= 11 is 6.19. The van der Waals surface area contributed by atoms with Gasteiger partial charge in [0.25, 0.3) is 5.24 Å². The van der Waals surface area contributed by atoms with Crippen molar-refractivity contribution in [3.63, 3.8) is 0 Å². The van der Waals surface area contributed by atoms with Gasteiger partial charge in [-0.3, -0.25) is 4.79 Å². The fourth-order valence-corrected chi connectivity index (χ4v) is 2.33. The predicted octanol–water partition coefficient (Wildman–Crippen LogP) is 3.12. The summed E-state index contributed by atoms with van der Waals surface area (Å²) in [4.78, 5) is 12.4. The lowest BCUT2D eigenvalue weighted by Gasteiger charge is -2.00. The van der Waals surface area contributed by atoms with Crippen molar-refractivity contribution in [2.45, 2.75) is 6.92 Å². The minimum atomic E-state index is -0.0974. The highest BCUT2D eigenvalue weighted by Gasteiger charge is 2.21. The van der Waals surface area contributed by atoms with E-state index in [9.17, 15) is 4.79 Å². The van der Waals surface area contributed by atoms with E-state index in [1.54, 1.807) is 0 Å². The van der Waals surface area contributed by atoms with E-state index in [1.807, 2.05) is 37.3 Å². The van der Waals surface area contributed by atoms with Crippen LogP contribution in [-0.2, 0) is 0 Å². The Kier molecular flexibility index (Phi) is 2.88. The Hall–Kier alpha value is -1.13. The summed E-state index contributed by atoms with van der Waals surface area (Å²) in [6.07, 6.45) is 1.94. The number of rotatable bonds is 1. The van der Waals surface area contributed by atoms with Crippen LogP contribution < -0.4 is 5.32 Å². The summed E-state index contributed by atoms with van der Waals surface area (Å²) in [5, 5.41) is 2.50. The van der Waals surface area contributed by atoms with E-state index in [0.717, 1.165) is 22.2 Å². The van der Waals surface area contributed by atoms with E-state index < -0.39 is 0 Å². The molecule has 1 saturated heterocycles. The lowest BCUT2D eigenvalue weighted by atomic mass is 10.1. The number of hydrogen-bond acceptors (Lipinski definition) is 3. The molecule has 76 valence electrons.